The molecule has 1 aromatic heterocycles. The van der Waals surface area contributed by atoms with Crippen LogP contribution in [-0.4, -0.2) is 39.9 Å². The van der Waals surface area contributed by atoms with Gasteiger partial charge in [0.15, 0.2) is 0 Å². The van der Waals surface area contributed by atoms with E-state index in [1.807, 2.05) is 30.3 Å². The van der Waals surface area contributed by atoms with Crippen LogP contribution in [0.1, 0.15) is 37.8 Å². The third-order valence-electron chi connectivity index (χ3n) is 4.53. The van der Waals surface area contributed by atoms with Crippen molar-refractivity contribution in [3.8, 4) is 11.3 Å². The molecule has 24 heavy (non-hydrogen) atoms. The van der Waals surface area contributed by atoms with E-state index in [4.69, 9.17) is 11.6 Å². The van der Waals surface area contributed by atoms with Crippen molar-refractivity contribution in [3.63, 3.8) is 0 Å². The van der Waals surface area contributed by atoms with Crippen LogP contribution in [0.3, 0.4) is 0 Å². The molecule has 1 aliphatic rings. The Morgan fingerprint density at radius 2 is 2.00 bits per heavy atom. The second kappa shape index (κ2) is 7.18. The molecule has 0 spiro atoms. The Morgan fingerprint density at radius 1 is 1.29 bits per heavy atom. The number of likely N-dealkylation sites (tertiary alicyclic amines) is 1. The number of hydrogen-bond acceptors (Lipinski definition) is 3. The molecule has 0 aliphatic carbocycles. The first-order valence-corrected chi connectivity index (χ1v) is 8.60. The van der Waals surface area contributed by atoms with Crippen LogP contribution in [-0.2, 0) is 9.59 Å². The van der Waals surface area contributed by atoms with Crippen LogP contribution in [0.15, 0.2) is 30.3 Å². The zero-order valence-corrected chi connectivity index (χ0v) is 14.3. The number of halogens is 1. The van der Waals surface area contributed by atoms with E-state index in [0.717, 1.165) is 29.8 Å². The molecular formula is C18H20ClN3O2. The molecule has 0 atom stereocenters. The number of carbonyl (C=O) groups is 2. The molecular weight excluding hydrogens is 326 g/mol. The maximum Gasteiger partial charge on any atom is 0.289 e. The second-order valence-electron chi connectivity index (χ2n) is 6.03. The molecule has 0 saturated carbocycles. The molecule has 2 aromatic rings. The van der Waals surface area contributed by atoms with Crippen molar-refractivity contribution in [1.29, 1.82) is 0 Å². The average molecular weight is 346 g/mol. The molecule has 0 unspecified atom stereocenters. The van der Waals surface area contributed by atoms with Crippen molar-refractivity contribution in [3.05, 3.63) is 41.0 Å². The Kier molecular flexibility index (Phi) is 5.00. The van der Waals surface area contributed by atoms with Crippen LogP contribution in [0.25, 0.3) is 11.3 Å². The third-order valence-corrected chi connectivity index (χ3v) is 4.86. The standard InChI is InChI=1S/C18H20ClN3O2/c1-2-17(23)18(24)22-9-7-12(8-10-22)15-11-16(21-20-15)13-5-3-4-6-14(13)19/h3-6,11-12H,2,7-10H2,1H3,(H,20,21). The van der Waals surface area contributed by atoms with Gasteiger partial charge < -0.3 is 4.90 Å². The van der Waals surface area contributed by atoms with E-state index in [0.29, 0.717) is 24.0 Å². The zero-order chi connectivity index (χ0) is 17.1. The van der Waals surface area contributed by atoms with Gasteiger partial charge in [-0.2, -0.15) is 5.10 Å². The highest BCUT2D eigenvalue weighted by Gasteiger charge is 2.27. The number of aromatic nitrogens is 2. The Morgan fingerprint density at radius 3 is 2.67 bits per heavy atom. The first-order valence-electron chi connectivity index (χ1n) is 8.22. The number of hydrogen-bond donors (Lipinski definition) is 1. The van der Waals surface area contributed by atoms with Gasteiger partial charge in [-0.05, 0) is 25.0 Å². The van der Waals surface area contributed by atoms with Gasteiger partial charge in [0.25, 0.3) is 5.91 Å². The van der Waals surface area contributed by atoms with E-state index in [1.54, 1.807) is 11.8 Å². The Labute approximate surface area is 146 Å². The lowest BCUT2D eigenvalue weighted by molar-refractivity contribution is -0.145. The predicted molar refractivity (Wildman–Crippen MR) is 92.9 cm³/mol. The van der Waals surface area contributed by atoms with Gasteiger partial charge in [0.2, 0.25) is 5.78 Å². The van der Waals surface area contributed by atoms with Gasteiger partial charge in [-0.3, -0.25) is 14.7 Å². The monoisotopic (exact) mass is 345 g/mol. The summed E-state index contributed by atoms with van der Waals surface area (Å²) in [6, 6.07) is 9.65. The Bertz CT molecular complexity index is 748. The largest absolute Gasteiger partial charge is 0.336 e. The molecule has 6 heteroatoms. The molecule has 1 fully saturated rings. The fourth-order valence-electron chi connectivity index (χ4n) is 3.07. The van der Waals surface area contributed by atoms with Crippen LogP contribution in [0.5, 0.6) is 0 Å². The van der Waals surface area contributed by atoms with Gasteiger partial charge in [0, 0.05) is 36.7 Å². The van der Waals surface area contributed by atoms with E-state index in [2.05, 4.69) is 10.2 Å². The highest BCUT2D eigenvalue weighted by Crippen LogP contribution is 2.31. The van der Waals surface area contributed by atoms with Gasteiger partial charge in [-0.25, -0.2) is 0 Å². The molecule has 1 saturated heterocycles. The van der Waals surface area contributed by atoms with Gasteiger partial charge in [0.1, 0.15) is 0 Å². The number of carbonyl (C=O) groups excluding carboxylic acids is 2. The van der Waals surface area contributed by atoms with Crippen LogP contribution in [0.4, 0.5) is 0 Å². The normalized spacial score (nSPS) is 15.5. The first-order chi connectivity index (χ1) is 11.6. The molecule has 5 nitrogen and oxygen atoms in total. The summed E-state index contributed by atoms with van der Waals surface area (Å²) in [6.45, 7) is 2.93. The number of nitrogens with one attached hydrogen (secondary N) is 1. The number of nitrogens with zero attached hydrogens (tertiary/aromatic N) is 2. The molecule has 1 aromatic carbocycles. The van der Waals surface area contributed by atoms with Crippen LogP contribution >= 0.6 is 11.6 Å². The van der Waals surface area contributed by atoms with Gasteiger partial charge in [-0.15, -0.1) is 0 Å². The number of aromatic amines is 1. The number of rotatable bonds is 4. The highest BCUT2D eigenvalue weighted by molar-refractivity contribution is 6.36. The van der Waals surface area contributed by atoms with Crippen LogP contribution < -0.4 is 0 Å². The van der Waals surface area contributed by atoms with Crippen molar-refractivity contribution < 1.29 is 9.59 Å². The Balaban J connectivity index is 1.67. The maximum atomic E-state index is 11.9. The third kappa shape index (κ3) is 3.36. The molecule has 0 bridgehead atoms. The number of amides is 1. The second-order valence-corrected chi connectivity index (χ2v) is 6.44. The van der Waals surface area contributed by atoms with E-state index < -0.39 is 0 Å². The lowest BCUT2D eigenvalue weighted by Crippen LogP contribution is -2.41. The summed E-state index contributed by atoms with van der Waals surface area (Å²) < 4.78 is 0. The minimum absolute atomic E-state index is 0.264. The molecule has 3 rings (SSSR count). The molecule has 1 aliphatic heterocycles. The fourth-order valence-corrected chi connectivity index (χ4v) is 3.31. The summed E-state index contributed by atoms with van der Waals surface area (Å²) in [7, 11) is 0. The van der Waals surface area contributed by atoms with Gasteiger partial charge in [0.05, 0.1) is 10.7 Å². The molecule has 0 radical (unpaired) electrons. The number of piperidine rings is 1. The minimum Gasteiger partial charge on any atom is -0.336 e. The van der Waals surface area contributed by atoms with Crippen molar-refractivity contribution in [1.82, 2.24) is 15.1 Å². The molecule has 1 N–H and O–H groups in total. The molecule has 1 amide bonds. The topological polar surface area (TPSA) is 66.1 Å². The zero-order valence-electron chi connectivity index (χ0n) is 13.6. The average Bonchev–Trinajstić information content (AvgIpc) is 3.11. The SMILES string of the molecule is CCC(=O)C(=O)N1CCC(c2cc(-c3ccccc3Cl)n[nH]2)CC1. The van der Waals surface area contributed by atoms with E-state index in [-0.39, 0.29) is 18.1 Å². The van der Waals surface area contributed by atoms with E-state index in [9.17, 15) is 9.59 Å². The summed E-state index contributed by atoms with van der Waals surface area (Å²) in [5.74, 6) is -0.345. The number of ketones is 1. The smallest absolute Gasteiger partial charge is 0.289 e. The summed E-state index contributed by atoms with van der Waals surface area (Å²) >= 11 is 6.22. The van der Waals surface area contributed by atoms with E-state index >= 15 is 0 Å². The Hall–Kier alpha value is -2.14. The van der Waals surface area contributed by atoms with Crippen LogP contribution in [0.2, 0.25) is 5.02 Å². The van der Waals surface area contributed by atoms with E-state index in [1.165, 1.54) is 0 Å². The number of Topliss-reactive ketones (excluding diaryl/α,β-unsaturated/α-hetero) is 1. The van der Waals surface area contributed by atoms with Crippen molar-refractivity contribution >= 4 is 23.3 Å². The quantitative estimate of drug-likeness (QED) is 0.863. The lowest BCUT2D eigenvalue weighted by atomic mass is 9.93. The highest BCUT2D eigenvalue weighted by atomic mass is 35.5. The fraction of sp³-hybridized carbons (Fsp3) is 0.389. The van der Waals surface area contributed by atoms with Gasteiger partial charge >= 0.3 is 0 Å². The lowest BCUT2D eigenvalue weighted by Gasteiger charge is -2.30. The predicted octanol–water partition coefficient (Wildman–Crippen LogP) is 3.42. The van der Waals surface area contributed by atoms with Crippen LogP contribution in [0, 0.1) is 0 Å². The molecule has 126 valence electrons. The summed E-state index contributed by atoms with van der Waals surface area (Å²) in [5.41, 5.74) is 2.79. The maximum absolute atomic E-state index is 11.9. The summed E-state index contributed by atoms with van der Waals surface area (Å²) in [5, 5.41) is 8.15. The van der Waals surface area contributed by atoms with Crippen molar-refractivity contribution in [2.75, 3.05) is 13.1 Å². The number of benzene rings is 1. The van der Waals surface area contributed by atoms with Crippen molar-refractivity contribution in [2.45, 2.75) is 32.1 Å². The molecule has 2 heterocycles. The van der Waals surface area contributed by atoms with Crippen molar-refractivity contribution in [2.24, 2.45) is 0 Å². The number of H-pyrrole nitrogens is 1. The first kappa shape index (κ1) is 16.7. The summed E-state index contributed by atoms with van der Waals surface area (Å²) in [4.78, 5) is 25.1. The summed E-state index contributed by atoms with van der Waals surface area (Å²) in [6.07, 6.45) is 1.92. The minimum atomic E-state index is -0.350. The van der Waals surface area contributed by atoms with Gasteiger partial charge in [-0.1, -0.05) is 36.7 Å².